The van der Waals surface area contributed by atoms with Gasteiger partial charge in [-0.25, -0.2) is 0 Å². The average Bonchev–Trinajstić information content (AvgIpc) is 2.38. The zero-order valence-corrected chi connectivity index (χ0v) is 9.83. The third kappa shape index (κ3) is 1.62. The fourth-order valence-corrected chi connectivity index (χ4v) is 2.18. The van der Waals surface area contributed by atoms with E-state index in [0.29, 0.717) is 0 Å². The normalized spacial score (nSPS) is 10.9. The molecule has 0 bridgehead atoms. The van der Waals surface area contributed by atoms with Gasteiger partial charge in [-0.05, 0) is 52.2 Å². The molecule has 0 saturated heterocycles. The van der Waals surface area contributed by atoms with Crippen molar-refractivity contribution in [3.8, 4) is 0 Å². The van der Waals surface area contributed by atoms with Crippen LogP contribution in [0.3, 0.4) is 0 Å². The molecule has 0 spiro atoms. The third-order valence-corrected chi connectivity index (χ3v) is 3.15. The lowest BCUT2D eigenvalue weighted by Crippen LogP contribution is -1.81. The van der Waals surface area contributed by atoms with Crippen molar-refractivity contribution in [3.63, 3.8) is 0 Å². The van der Waals surface area contributed by atoms with Crippen LogP contribution >= 0.6 is 0 Å². The Balaban J connectivity index is 2.46. The highest BCUT2D eigenvalue weighted by atomic mass is 14.1. The number of fused-ring (bicyclic) bond motifs is 3. The summed E-state index contributed by atoms with van der Waals surface area (Å²) in [5.74, 6) is 0. The highest BCUT2D eigenvalue weighted by Crippen LogP contribution is 2.27. The van der Waals surface area contributed by atoms with E-state index < -0.39 is 0 Å². The minimum absolute atomic E-state index is 1.10. The molecule has 0 aliphatic heterocycles. The summed E-state index contributed by atoms with van der Waals surface area (Å²) in [6.45, 7) is 6.04. The highest BCUT2D eigenvalue weighted by molar-refractivity contribution is 6.07. The number of hydrogen-bond donors (Lipinski definition) is 0. The molecule has 0 amide bonds. The Hall–Kier alpha value is -2.08. The van der Waals surface area contributed by atoms with Crippen molar-refractivity contribution in [2.45, 2.75) is 6.92 Å². The third-order valence-electron chi connectivity index (χ3n) is 3.15. The predicted octanol–water partition coefficient (Wildman–Crippen LogP) is 4.83. The van der Waals surface area contributed by atoms with Gasteiger partial charge in [-0.2, -0.15) is 0 Å². The van der Waals surface area contributed by atoms with Crippen molar-refractivity contribution >= 4 is 27.1 Å². The molecule has 0 aliphatic carbocycles. The molecule has 3 rings (SSSR count). The van der Waals surface area contributed by atoms with E-state index in [2.05, 4.69) is 55.1 Å². The summed E-state index contributed by atoms with van der Waals surface area (Å²) in [4.78, 5) is 0. The van der Waals surface area contributed by atoms with E-state index in [1.807, 2.05) is 13.0 Å². The molecule has 81 valence electrons. The summed E-state index contributed by atoms with van der Waals surface area (Å²) >= 11 is 0. The van der Waals surface area contributed by atoms with Gasteiger partial charge in [0, 0.05) is 0 Å². The van der Waals surface area contributed by atoms with Gasteiger partial charge in [-0.15, -0.1) is 0 Å². The Bertz CT molecular complexity index is 720. The first-order valence-corrected chi connectivity index (χ1v) is 5.75. The summed E-state index contributed by atoms with van der Waals surface area (Å²) in [6, 6.07) is 20.2. The van der Waals surface area contributed by atoms with Crippen LogP contribution in [0.25, 0.3) is 27.1 Å². The van der Waals surface area contributed by atoms with Gasteiger partial charge in [0.15, 0.2) is 0 Å². The first-order chi connectivity index (χ1) is 8.25. The van der Waals surface area contributed by atoms with E-state index in [-0.39, 0.29) is 0 Å². The van der Waals surface area contributed by atoms with E-state index in [9.17, 15) is 0 Å². The second-order valence-electron chi connectivity index (χ2n) is 4.42. The van der Waals surface area contributed by atoms with E-state index in [1.54, 1.807) is 0 Å². The molecular weight excluding hydrogens is 204 g/mol. The zero-order valence-electron chi connectivity index (χ0n) is 9.83. The number of hydrogen-bond acceptors (Lipinski definition) is 0. The number of benzene rings is 3. The maximum absolute atomic E-state index is 4.00. The van der Waals surface area contributed by atoms with E-state index in [1.165, 1.54) is 27.1 Å². The Morgan fingerprint density at radius 1 is 1.06 bits per heavy atom. The van der Waals surface area contributed by atoms with Crippen molar-refractivity contribution in [2.75, 3.05) is 0 Å². The lowest BCUT2D eigenvalue weighted by Gasteiger charge is -2.06. The van der Waals surface area contributed by atoms with Crippen molar-refractivity contribution in [3.05, 3.63) is 66.7 Å². The van der Waals surface area contributed by atoms with Crippen LogP contribution in [0.4, 0.5) is 0 Å². The maximum Gasteiger partial charge on any atom is -0.00926 e. The summed E-state index contributed by atoms with van der Waals surface area (Å²) < 4.78 is 0. The number of rotatable bonds is 1. The SMILES string of the molecule is C=C(C)c1ccc2c[c]c3ccccc3c2c1. The molecule has 0 nitrogen and oxygen atoms in total. The van der Waals surface area contributed by atoms with Gasteiger partial charge < -0.3 is 0 Å². The van der Waals surface area contributed by atoms with E-state index >= 15 is 0 Å². The van der Waals surface area contributed by atoms with Gasteiger partial charge in [0.25, 0.3) is 0 Å². The van der Waals surface area contributed by atoms with Crippen LogP contribution in [0.5, 0.6) is 0 Å². The predicted molar refractivity (Wildman–Crippen MR) is 75.0 cm³/mol. The van der Waals surface area contributed by atoms with Gasteiger partial charge in [-0.3, -0.25) is 0 Å². The van der Waals surface area contributed by atoms with Crippen LogP contribution in [0.2, 0.25) is 0 Å². The Morgan fingerprint density at radius 3 is 2.71 bits per heavy atom. The van der Waals surface area contributed by atoms with Crippen LogP contribution in [-0.2, 0) is 0 Å². The molecule has 0 unspecified atom stereocenters. The van der Waals surface area contributed by atoms with Crippen molar-refractivity contribution < 1.29 is 0 Å². The molecule has 0 fully saturated rings. The molecule has 0 heteroatoms. The topological polar surface area (TPSA) is 0 Å². The fourth-order valence-electron chi connectivity index (χ4n) is 2.18. The van der Waals surface area contributed by atoms with Crippen molar-refractivity contribution in [1.82, 2.24) is 0 Å². The van der Waals surface area contributed by atoms with Crippen LogP contribution in [-0.4, -0.2) is 0 Å². The molecule has 3 aromatic carbocycles. The van der Waals surface area contributed by atoms with Crippen LogP contribution < -0.4 is 0 Å². The smallest absolute Gasteiger partial charge is 0.00926 e. The quantitative estimate of drug-likeness (QED) is 0.512. The lowest BCUT2D eigenvalue weighted by molar-refractivity contribution is 1.63. The first-order valence-electron chi connectivity index (χ1n) is 5.75. The summed E-state index contributed by atoms with van der Waals surface area (Å²) in [5, 5.41) is 4.93. The first kappa shape index (κ1) is 10.1. The minimum atomic E-state index is 1.10. The summed E-state index contributed by atoms with van der Waals surface area (Å²) in [7, 11) is 0. The zero-order chi connectivity index (χ0) is 11.8. The van der Waals surface area contributed by atoms with Gasteiger partial charge in [0.05, 0.1) is 0 Å². The second-order valence-corrected chi connectivity index (χ2v) is 4.42. The molecule has 0 heterocycles. The van der Waals surface area contributed by atoms with Gasteiger partial charge >= 0.3 is 0 Å². The largest absolute Gasteiger partial charge is 0.0955 e. The molecule has 0 aromatic heterocycles. The van der Waals surface area contributed by atoms with Crippen LogP contribution in [0.15, 0.2) is 55.1 Å². The molecular formula is C17H13. The average molecular weight is 217 g/mol. The van der Waals surface area contributed by atoms with E-state index in [0.717, 1.165) is 5.57 Å². The second kappa shape index (κ2) is 3.74. The van der Waals surface area contributed by atoms with Gasteiger partial charge in [0.1, 0.15) is 0 Å². The van der Waals surface area contributed by atoms with Crippen LogP contribution in [0, 0.1) is 6.07 Å². The van der Waals surface area contributed by atoms with Gasteiger partial charge in [-0.1, -0.05) is 48.6 Å². The molecule has 3 aromatic rings. The lowest BCUT2D eigenvalue weighted by atomic mass is 9.98. The molecule has 1 radical (unpaired) electrons. The fraction of sp³-hybridized carbons (Fsp3) is 0.0588. The van der Waals surface area contributed by atoms with Gasteiger partial charge in [0.2, 0.25) is 0 Å². The van der Waals surface area contributed by atoms with Crippen molar-refractivity contribution in [2.24, 2.45) is 0 Å². The Kier molecular flexibility index (Phi) is 2.22. The molecule has 0 atom stereocenters. The van der Waals surface area contributed by atoms with Crippen LogP contribution in [0.1, 0.15) is 12.5 Å². The Labute approximate surface area is 101 Å². The standard InChI is InChI=1S/C17H13/c1-12(2)15-10-9-14-8-7-13-5-3-4-6-16(13)17(14)11-15/h3-6,8-11H,1H2,2H3. The van der Waals surface area contributed by atoms with Crippen molar-refractivity contribution in [1.29, 1.82) is 0 Å². The molecule has 0 N–H and O–H groups in total. The Morgan fingerprint density at radius 2 is 1.88 bits per heavy atom. The molecule has 0 aliphatic rings. The minimum Gasteiger partial charge on any atom is -0.0955 e. The highest BCUT2D eigenvalue weighted by Gasteiger charge is 2.01. The monoisotopic (exact) mass is 217 g/mol. The molecule has 17 heavy (non-hydrogen) atoms. The maximum atomic E-state index is 4.00. The summed E-state index contributed by atoms with van der Waals surface area (Å²) in [6.07, 6.45) is 0. The summed E-state index contributed by atoms with van der Waals surface area (Å²) in [5.41, 5.74) is 2.30. The number of allylic oxidation sites excluding steroid dienone is 1. The van der Waals surface area contributed by atoms with E-state index in [4.69, 9.17) is 0 Å². The molecule has 0 saturated carbocycles.